The van der Waals surface area contributed by atoms with Crippen molar-refractivity contribution in [3.63, 3.8) is 0 Å². The number of amides is 1. The summed E-state index contributed by atoms with van der Waals surface area (Å²) in [6.45, 7) is 2.29. The maximum absolute atomic E-state index is 13.7. The maximum Gasteiger partial charge on any atom is 0.264 e. The number of carbonyl (C=O) groups is 1. The minimum Gasteiger partial charge on any atom is -0.492 e. The molecule has 0 aromatic heterocycles. The predicted octanol–water partition coefficient (Wildman–Crippen LogP) is 6.10. The average molecular weight is 579 g/mol. The molecule has 0 aliphatic rings. The van der Waals surface area contributed by atoms with Crippen LogP contribution >= 0.6 is 35.1 Å². The third-order valence-corrected chi connectivity index (χ3v) is 9.18. The molecule has 37 heavy (non-hydrogen) atoms. The van der Waals surface area contributed by atoms with Crippen LogP contribution in [0.2, 0.25) is 5.02 Å². The molecule has 3 aromatic rings. The molecular weight excluding hydrogens is 548 g/mol. The molecule has 0 unspecified atom stereocenters. The van der Waals surface area contributed by atoms with Crippen molar-refractivity contribution in [1.29, 1.82) is 0 Å². The Morgan fingerprint density at radius 1 is 1.05 bits per heavy atom. The van der Waals surface area contributed by atoms with E-state index in [1.807, 2.05) is 37.4 Å². The Morgan fingerprint density at radius 2 is 1.81 bits per heavy atom. The van der Waals surface area contributed by atoms with Crippen molar-refractivity contribution in [2.45, 2.75) is 28.9 Å². The first-order valence-electron chi connectivity index (χ1n) is 11.8. The maximum atomic E-state index is 13.7. The van der Waals surface area contributed by atoms with Crippen LogP contribution in [0.5, 0.6) is 5.75 Å². The zero-order valence-electron chi connectivity index (χ0n) is 20.9. The minimum absolute atomic E-state index is 0.113. The summed E-state index contributed by atoms with van der Waals surface area (Å²) in [5.74, 6) is 1.71. The molecule has 0 fully saturated rings. The lowest BCUT2D eigenvalue weighted by Gasteiger charge is -2.26. The largest absolute Gasteiger partial charge is 0.492 e. The zero-order chi connectivity index (χ0) is 26.7. The molecule has 0 aliphatic carbocycles. The number of nitrogens with one attached hydrogen (secondary N) is 1. The molecule has 1 N–H and O–H groups in total. The van der Waals surface area contributed by atoms with E-state index < -0.39 is 10.0 Å². The lowest BCUT2D eigenvalue weighted by molar-refractivity contribution is -0.119. The zero-order valence-corrected chi connectivity index (χ0v) is 24.1. The third kappa shape index (κ3) is 8.60. The normalized spacial score (nSPS) is 11.2. The molecule has 0 heterocycles. The van der Waals surface area contributed by atoms with Crippen molar-refractivity contribution < 1.29 is 17.9 Å². The fourth-order valence-electron chi connectivity index (χ4n) is 3.52. The first kappa shape index (κ1) is 29.2. The van der Waals surface area contributed by atoms with E-state index in [0.717, 1.165) is 37.7 Å². The smallest absolute Gasteiger partial charge is 0.264 e. The van der Waals surface area contributed by atoms with Gasteiger partial charge in [0.15, 0.2) is 0 Å². The summed E-state index contributed by atoms with van der Waals surface area (Å²) in [6, 6.07) is 21.2. The van der Waals surface area contributed by atoms with Crippen LogP contribution in [0.4, 0.5) is 5.69 Å². The highest BCUT2D eigenvalue weighted by Crippen LogP contribution is 2.33. The number of hydrogen-bond donors (Lipinski definition) is 1. The molecule has 0 aliphatic heterocycles. The van der Waals surface area contributed by atoms with Crippen LogP contribution in [0, 0.1) is 0 Å². The van der Waals surface area contributed by atoms with Gasteiger partial charge in [-0.1, -0.05) is 35.9 Å². The summed E-state index contributed by atoms with van der Waals surface area (Å²) in [5, 5.41) is 3.58. The van der Waals surface area contributed by atoms with Gasteiger partial charge < -0.3 is 10.1 Å². The topological polar surface area (TPSA) is 75.7 Å². The van der Waals surface area contributed by atoms with E-state index in [1.165, 1.54) is 11.8 Å². The number of benzene rings is 3. The highest BCUT2D eigenvalue weighted by atomic mass is 35.5. The van der Waals surface area contributed by atoms with Gasteiger partial charge in [0.25, 0.3) is 10.0 Å². The standard InChI is InChI=1S/C27H31ClN2O4S3/c1-3-34-26-11-5-4-10-25(26)30(37(32,33)24-14-12-23(35-2)13-15-24)19-27(31)29-16-7-17-36-20-21-8-6-9-22(28)18-21/h4-6,8-15,18H,3,7,16-17,19-20H2,1-2H3,(H,29,31). The summed E-state index contributed by atoms with van der Waals surface area (Å²) in [7, 11) is -4.02. The van der Waals surface area contributed by atoms with Crippen molar-refractivity contribution in [1.82, 2.24) is 5.32 Å². The summed E-state index contributed by atoms with van der Waals surface area (Å²) in [6.07, 6.45) is 2.68. The molecule has 0 saturated heterocycles. The van der Waals surface area contributed by atoms with Gasteiger partial charge in [0.05, 0.1) is 17.2 Å². The van der Waals surface area contributed by atoms with Gasteiger partial charge in [-0.15, -0.1) is 11.8 Å². The van der Waals surface area contributed by atoms with E-state index in [-0.39, 0.29) is 17.3 Å². The predicted molar refractivity (Wildman–Crippen MR) is 156 cm³/mol. The monoisotopic (exact) mass is 578 g/mol. The molecule has 10 heteroatoms. The van der Waals surface area contributed by atoms with Crippen molar-refractivity contribution >= 4 is 56.7 Å². The molecule has 0 atom stereocenters. The van der Waals surface area contributed by atoms with E-state index in [2.05, 4.69) is 5.32 Å². The number of carbonyl (C=O) groups excluding carboxylic acids is 1. The quantitative estimate of drug-likeness (QED) is 0.184. The first-order chi connectivity index (χ1) is 17.8. The summed E-state index contributed by atoms with van der Waals surface area (Å²) >= 11 is 9.31. The van der Waals surface area contributed by atoms with E-state index >= 15 is 0 Å². The van der Waals surface area contributed by atoms with Gasteiger partial charge in [-0.25, -0.2) is 8.42 Å². The number of rotatable bonds is 14. The Balaban J connectivity index is 1.66. The SMILES string of the molecule is CCOc1ccccc1N(CC(=O)NCCCSCc1cccc(Cl)c1)S(=O)(=O)c1ccc(SC)cc1. The second-order valence-electron chi connectivity index (χ2n) is 7.97. The van der Waals surface area contributed by atoms with Crippen molar-refractivity contribution in [3.8, 4) is 5.75 Å². The molecule has 0 radical (unpaired) electrons. The van der Waals surface area contributed by atoms with Gasteiger partial charge in [0.1, 0.15) is 12.3 Å². The lowest BCUT2D eigenvalue weighted by atomic mass is 10.2. The average Bonchev–Trinajstić information content (AvgIpc) is 2.90. The molecule has 6 nitrogen and oxygen atoms in total. The molecular formula is C27H31ClN2O4S3. The number of ether oxygens (including phenoxy) is 1. The van der Waals surface area contributed by atoms with Crippen LogP contribution in [0.1, 0.15) is 18.9 Å². The number of anilines is 1. The number of thioether (sulfide) groups is 2. The van der Waals surface area contributed by atoms with Crippen molar-refractivity contribution in [2.75, 3.05) is 36.0 Å². The molecule has 0 saturated carbocycles. The van der Waals surface area contributed by atoms with Crippen LogP contribution in [0.15, 0.2) is 82.6 Å². The minimum atomic E-state index is -4.02. The van der Waals surface area contributed by atoms with Crippen LogP contribution in [0.25, 0.3) is 0 Å². The highest BCUT2D eigenvalue weighted by Gasteiger charge is 2.29. The number of halogens is 1. The van der Waals surface area contributed by atoms with Gasteiger partial charge in [-0.2, -0.15) is 11.8 Å². The Bertz CT molecular complexity index is 1270. The molecule has 3 aromatic carbocycles. The van der Waals surface area contributed by atoms with Gasteiger partial charge in [0.2, 0.25) is 5.91 Å². The Hall–Kier alpha value is -2.33. The van der Waals surface area contributed by atoms with Crippen LogP contribution in [-0.4, -0.2) is 46.0 Å². The number of sulfonamides is 1. The molecule has 0 spiro atoms. The lowest BCUT2D eigenvalue weighted by Crippen LogP contribution is -2.41. The Morgan fingerprint density at radius 3 is 2.51 bits per heavy atom. The molecule has 0 bridgehead atoms. The molecule has 3 rings (SSSR count). The second kappa shape index (κ2) is 14.6. The third-order valence-electron chi connectivity index (χ3n) is 5.31. The van der Waals surface area contributed by atoms with Crippen LogP contribution < -0.4 is 14.4 Å². The Kier molecular flexibility index (Phi) is 11.5. The molecule has 198 valence electrons. The van der Waals surface area contributed by atoms with Gasteiger partial charge >= 0.3 is 0 Å². The number of nitrogens with zero attached hydrogens (tertiary/aromatic N) is 1. The first-order valence-corrected chi connectivity index (χ1v) is 16.0. The van der Waals surface area contributed by atoms with Crippen molar-refractivity contribution in [2.24, 2.45) is 0 Å². The fraction of sp³-hybridized carbons (Fsp3) is 0.296. The summed E-state index contributed by atoms with van der Waals surface area (Å²) in [5.41, 5.74) is 1.48. The van der Waals surface area contributed by atoms with E-state index in [1.54, 1.807) is 60.3 Å². The van der Waals surface area contributed by atoms with E-state index in [4.69, 9.17) is 16.3 Å². The fourth-order valence-corrected chi connectivity index (χ4v) is 6.48. The van der Waals surface area contributed by atoms with E-state index in [9.17, 15) is 13.2 Å². The van der Waals surface area contributed by atoms with E-state index in [0.29, 0.717) is 24.6 Å². The van der Waals surface area contributed by atoms with Gasteiger partial charge in [-0.05, 0) is 79.4 Å². The summed E-state index contributed by atoms with van der Waals surface area (Å²) in [4.78, 5) is 13.9. The van der Waals surface area contributed by atoms with Crippen LogP contribution in [-0.2, 0) is 20.6 Å². The van der Waals surface area contributed by atoms with Gasteiger partial charge in [0, 0.05) is 22.2 Å². The second-order valence-corrected chi connectivity index (χ2v) is 12.3. The Labute approximate surface area is 233 Å². The highest BCUT2D eigenvalue weighted by molar-refractivity contribution is 7.98. The van der Waals surface area contributed by atoms with Crippen molar-refractivity contribution in [3.05, 3.63) is 83.4 Å². The van der Waals surface area contributed by atoms with Gasteiger partial charge in [-0.3, -0.25) is 9.10 Å². The van der Waals surface area contributed by atoms with Crippen LogP contribution in [0.3, 0.4) is 0 Å². The number of hydrogen-bond acceptors (Lipinski definition) is 6. The number of para-hydroxylation sites is 2. The summed E-state index contributed by atoms with van der Waals surface area (Å²) < 4.78 is 34.1. The molecule has 1 amide bonds.